The monoisotopic (exact) mass is 280 g/mol. The fourth-order valence-electron chi connectivity index (χ4n) is 2.18. The molecule has 2 rings (SSSR count). The van der Waals surface area contributed by atoms with E-state index in [1.165, 1.54) is 0 Å². The van der Waals surface area contributed by atoms with Crippen LogP contribution in [0.4, 0.5) is 5.69 Å². The summed E-state index contributed by atoms with van der Waals surface area (Å²) in [6.45, 7) is 0.366. The third-order valence-corrected chi connectivity index (χ3v) is 3.39. The van der Waals surface area contributed by atoms with E-state index < -0.39 is 11.9 Å². The number of carboxylic acid groups (broad SMARTS) is 1. The van der Waals surface area contributed by atoms with Crippen LogP contribution in [0.15, 0.2) is 54.6 Å². The molecule has 2 aromatic carbocycles. The molecular formula is C17H16N2O2. The molecule has 0 aliphatic rings. The second kappa shape index (κ2) is 6.58. The molecule has 106 valence electrons. The molecule has 0 saturated carbocycles. The maximum atomic E-state index is 11.5. The van der Waals surface area contributed by atoms with Gasteiger partial charge in [0.1, 0.15) is 0 Å². The summed E-state index contributed by atoms with van der Waals surface area (Å²) in [4.78, 5) is 13.4. The lowest BCUT2D eigenvalue weighted by Gasteiger charge is -2.23. The van der Waals surface area contributed by atoms with E-state index in [1.807, 2.05) is 54.4 Å². The number of aliphatic carboxylic acids is 1. The Morgan fingerprint density at radius 3 is 2.33 bits per heavy atom. The summed E-state index contributed by atoms with van der Waals surface area (Å²) >= 11 is 0. The van der Waals surface area contributed by atoms with Gasteiger partial charge in [-0.2, -0.15) is 5.26 Å². The smallest absolute Gasteiger partial charge is 0.312 e. The largest absolute Gasteiger partial charge is 0.481 e. The number of rotatable bonds is 5. The highest BCUT2D eigenvalue weighted by Crippen LogP contribution is 2.21. The van der Waals surface area contributed by atoms with Crippen molar-refractivity contribution in [3.63, 3.8) is 0 Å². The first kappa shape index (κ1) is 14.6. The molecule has 1 unspecified atom stereocenters. The Balaban J connectivity index is 2.17. The van der Waals surface area contributed by atoms with Crippen LogP contribution < -0.4 is 4.90 Å². The van der Waals surface area contributed by atoms with Crippen molar-refractivity contribution in [2.45, 2.75) is 5.92 Å². The van der Waals surface area contributed by atoms with Crippen LogP contribution in [0.5, 0.6) is 0 Å². The molecular weight excluding hydrogens is 264 g/mol. The summed E-state index contributed by atoms with van der Waals surface area (Å²) in [6.07, 6.45) is 0. The Morgan fingerprint density at radius 1 is 1.19 bits per heavy atom. The molecule has 2 aromatic rings. The maximum absolute atomic E-state index is 11.5. The van der Waals surface area contributed by atoms with Crippen LogP contribution in [-0.2, 0) is 4.79 Å². The summed E-state index contributed by atoms with van der Waals surface area (Å²) in [7, 11) is 1.85. The first-order chi connectivity index (χ1) is 10.1. The number of nitrogens with zero attached hydrogens (tertiary/aromatic N) is 2. The lowest BCUT2D eigenvalue weighted by atomic mass is 9.98. The number of hydrogen-bond acceptors (Lipinski definition) is 3. The standard InChI is InChI=1S/C17H16N2O2/c1-19(15-9-7-13(11-18)8-10-15)12-16(17(20)21)14-5-3-2-4-6-14/h2-10,16H,12H2,1H3,(H,20,21). The normalized spacial score (nSPS) is 11.4. The number of likely N-dealkylation sites (N-methyl/N-ethyl adjacent to an activating group) is 1. The van der Waals surface area contributed by atoms with Crippen molar-refractivity contribution in [2.75, 3.05) is 18.5 Å². The van der Waals surface area contributed by atoms with Crippen molar-refractivity contribution in [3.8, 4) is 6.07 Å². The van der Waals surface area contributed by atoms with Crippen molar-refractivity contribution in [1.29, 1.82) is 5.26 Å². The van der Waals surface area contributed by atoms with Gasteiger partial charge < -0.3 is 10.0 Å². The average molecular weight is 280 g/mol. The molecule has 0 saturated heterocycles. The van der Waals surface area contributed by atoms with Crippen molar-refractivity contribution >= 4 is 11.7 Å². The molecule has 0 aliphatic heterocycles. The number of anilines is 1. The Labute approximate surface area is 123 Å². The van der Waals surface area contributed by atoms with E-state index in [1.54, 1.807) is 12.1 Å². The van der Waals surface area contributed by atoms with Crippen molar-refractivity contribution < 1.29 is 9.90 Å². The molecule has 1 N–H and O–H groups in total. The molecule has 0 radical (unpaired) electrons. The molecule has 4 heteroatoms. The maximum Gasteiger partial charge on any atom is 0.312 e. The van der Waals surface area contributed by atoms with Gasteiger partial charge in [-0.15, -0.1) is 0 Å². The van der Waals surface area contributed by atoms with E-state index in [-0.39, 0.29) is 0 Å². The quantitative estimate of drug-likeness (QED) is 0.914. The van der Waals surface area contributed by atoms with Gasteiger partial charge in [-0.05, 0) is 29.8 Å². The second-order valence-corrected chi connectivity index (χ2v) is 4.84. The molecule has 0 spiro atoms. The molecule has 4 nitrogen and oxygen atoms in total. The summed E-state index contributed by atoms with van der Waals surface area (Å²) in [5, 5.41) is 18.2. The zero-order valence-corrected chi connectivity index (χ0v) is 11.7. The lowest BCUT2D eigenvalue weighted by Crippen LogP contribution is -2.28. The Morgan fingerprint density at radius 2 is 1.81 bits per heavy atom. The fraction of sp³-hybridized carbons (Fsp3) is 0.176. The number of nitriles is 1. The Hall–Kier alpha value is -2.80. The molecule has 0 bridgehead atoms. The Bertz CT molecular complexity index is 645. The van der Waals surface area contributed by atoms with Crippen LogP contribution in [-0.4, -0.2) is 24.7 Å². The third-order valence-electron chi connectivity index (χ3n) is 3.39. The van der Waals surface area contributed by atoms with E-state index >= 15 is 0 Å². The first-order valence-corrected chi connectivity index (χ1v) is 6.61. The van der Waals surface area contributed by atoms with Crippen LogP contribution in [0.25, 0.3) is 0 Å². The summed E-state index contributed by atoms with van der Waals surface area (Å²) < 4.78 is 0. The Kier molecular flexibility index (Phi) is 4.57. The zero-order valence-electron chi connectivity index (χ0n) is 11.7. The van der Waals surface area contributed by atoms with Gasteiger partial charge >= 0.3 is 5.97 Å². The lowest BCUT2D eigenvalue weighted by molar-refractivity contribution is -0.138. The minimum Gasteiger partial charge on any atom is -0.481 e. The molecule has 0 amide bonds. The molecule has 0 aromatic heterocycles. The van der Waals surface area contributed by atoms with Crippen LogP contribution in [0.3, 0.4) is 0 Å². The van der Waals surface area contributed by atoms with Gasteiger partial charge in [0.05, 0.1) is 17.6 Å². The van der Waals surface area contributed by atoms with Crippen LogP contribution >= 0.6 is 0 Å². The average Bonchev–Trinajstić information content (AvgIpc) is 2.53. The van der Waals surface area contributed by atoms with Crippen molar-refractivity contribution in [2.24, 2.45) is 0 Å². The van der Waals surface area contributed by atoms with E-state index in [0.717, 1.165) is 11.3 Å². The van der Waals surface area contributed by atoms with Gasteiger partial charge in [-0.25, -0.2) is 0 Å². The molecule has 1 atom stereocenters. The minimum absolute atomic E-state index is 0.366. The predicted molar refractivity (Wildman–Crippen MR) is 81.2 cm³/mol. The van der Waals surface area contributed by atoms with Gasteiger partial charge in [0.2, 0.25) is 0 Å². The van der Waals surface area contributed by atoms with Crippen LogP contribution in [0, 0.1) is 11.3 Å². The number of carbonyl (C=O) groups is 1. The predicted octanol–water partition coefficient (Wildman–Crippen LogP) is 2.86. The highest BCUT2D eigenvalue weighted by atomic mass is 16.4. The minimum atomic E-state index is -0.846. The van der Waals surface area contributed by atoms with Crippen molar-refractivity contribution in [3.05, 3.63) is 65.7 Å². The van der Waals surface area contributed by atoms with Gasteiger partial charge in [0.25, 0.3) is 0 Å². The number of hydrogen-bond donors (Lipinski definition) is 1. The number of benzene rings is 2. The van der Waals surface area contributed by atoms with Gasteiger partial charge in [0.15, 0.2) is 0 Å². The highest BCUT2D eigenvalue weighted by Gasteiger charge is 2.21. The second-order valence-electron chi connectivity index (χ2n) is 4.84. The van der Waals surface area contributed by atoms with Crippen molar-refractivity contribution in [1.82, 2.24) is 0 Å². The van der Waals surface area contributed by atoms with Gasteiger partial charge in [-0.1, -0.05) is 30.3 Å². The molecule has 21 heavy (non-hydrogen) atoms. The zero-order chi connectivity index (χ0) is 15.2. The summed E-state index contributed by atoms with van der Waals surface area (Å²) in [5.74, 6) is -1.44. The first-order valence-electron chi connectivity index (χ1n) is 6.61. The SMILES string of the molecule is CN(CC(C(=O)O)c1ccccc1)c1ccc(C#N)cc1. The van der Waals surface area contributed by atoms with E-state index in [4.69, 9.17) is 5.26 Å². The summed E-state index contributed by atoms with van der Waals surface area (Å²) in [5.41, 5.74) is 2.26. The van der Waals surface area contributed by atoms with Gasteiger partial charge in [-0.3, -0.25) is 4.79 Å². The molecule has 0 fully saturated rings. The van der Waals surface area contributed by atoms with Gasteiger partial charge in [0, 0.05) is 19.3 Å². The number of carboxylic acids is 1. The fourth-order valence-corrected chi connectivity index (χ4v) is 2.18. The van der Waals surface area contributed by atoms with E-state index in [2.05, 4.69) is 6.07 Å². The summed E-state index contributed by atoms with van der Waals surface area (Å²) in [6, 6.07) is 18.4. The topological polar surface area (TPSA) is 64.3 Å². The van der Waals surface area contributed by atoms with Crippen LogP contribution in [0.2, 0.25) is 0 Å². The molecule has 0 aliphatic carbocycles. The third kappa shape index (κ3) is 3.61. The molecule has 0 heterocycles. The van der Waals surface area contributed by atoms with E-state index in [0.29, 0.717) is 12.1 Å². The van der Waals surface area contributed by atoms with E-state index in [9.17, 15) is 9.90 Å². The highest BCUT2D eigenvalue weighted by molar-refractivity contribution is 5.77. The van der Waals surface area contributed by atoms with Crippen LogP contribution in [0.1, 0.15) is 17.0 Å².